The van der Waals surface area contributed by atoms with Gasteiger partial charge in [0.15, 0.2) is 5.78 Å². The van der Waals surface area contributed by atoms with Crippen LogP contribution in [0.3, 0.4) is 0 Å². The van der Waals surface area contributed by atoms with Crippen molar-refractivity contribution in [1.82, 2.24) is 0 Å². The molecule has 3 fully saturated rings. The van der Waals surface area contributed by atoms with Crippen LogP contribution >= 0.6 is 0 Å². The number of allylic oxidation sites excluding steroid dienone is 4. The van der Waals surface area contributed by atoms with Crippen molar-refractivity contribution in [3.63, 3.8) is 0 Å². The molecule has 5 nitrogen and oxygen atoms in total. The number of rotatable bonds is 1. The van der Waals surface area contributed by atoms with E-state index in [4.69, 9.17) is 4.74 Å². The van der Waals surface area contributed by atoms with Crippen LogP contribution in [0.4, 0.5) is 0 Å². The molecule has 5 rings (SSSR count). The third-order valence-electron chi connectivity index (χ3n) is 11.1. The summed E-state index contributed by atoms with van der Waals surface area (Å²) in [5.74, 6) is 0.608. The minimum Gasteiger partial charge on any atom is -0.511 e. The monoisotopic (exact) mass is 465 g/mol. The Morgan fingerprint density at radius 1 is 1.09 bits per heavy atom. The second-order valence-electron chi connectivity index (χ2n) is 13.2. The number of hydrogen-bond donors (Lipinski definition) is 1. The molecular weight excluding hydrogens is 426 g/mol. The Morgan fingerprint density at radius 3 is 2.50 bits per heavy atom. The Bertz CT molecular complexity index is 1050. The SMILES string of the molecule is COC(=O)C12CCC3C(C(=O)C=C4C5(C)CC(C#N)=C(O)CC5CCC43C)C1CC(C)(C)CC2. The maximum Gasteiger partial charge on any atom is 0.312 e. The van der Waals surface area contributed by atoms with E-state index in [9.17, 15) is 20.0 Å². The number of carbonyl (C=O) groups excluding carboxylic acids is 2. The number of esters is 1. The lowest BCUT2D eigenvalue weighted by atomic mass is 9.39. The van der Waals surface area contributed by atoms with E-state index in [1.807, 2.05) is 6.08 Å². The second-order valence-corrected chi connectivity index (χ2v) is 13.2. The summed E-state index contributed by atoms with van der Waals surface area (Å²) in [6.45, 7) is 9.09. The van der Waals surface area contributed by atoms with Crippen LogP contribution in [0.25, 0.3) is 0 Å². The first-order valence-corrected chi connectivity index (χ1v) is 13.1. The van der Waals surface area contributed by atoms with Gasteiger partial charge in [-0.3, -0.25) is 9.59 Å². The lowest BCUT2D eigenvalue weighted by molar-refractivity contribution is -0.178. The van der Waals surface area contributed by atoms with E-state index >= 15 is 0 Å². The largest absolute Gasteiger partial charge is 0.511 e. The number of ketones is 1. The third-order valence-corrected chi connectivity index (χ3v) is 11.1. The normalized spacial score (nSPS) is 45.1. The molecule has 0 bridgehead atoms. The van der Waals surface area contributed by atoms with Crippen molar-refractivity contribution in [2.24, 2.45) is 45.3 Å². The van der Waals surface area contributed by atoms with Crippen LogP contribution in [0.15, 0.2) is 23.0 Å². The van der Waals surface area contributed by atoms with E-state index in [2.05, 4.69) is 33.8 Å². The summed E-state index contributed by atoms with van der Waals surface area (Å²) in [7, 11) is 1.49. The maximum absolute atomic E-state index is 14.0. The van der Waals surface area contributed by atoms with Crippen molar-refractivity contribution in [1.29, 1.82) is 5.26 Å². The molecule has 0 aromatic rings. The molecule has 5 aliphatic carbocycles. The predicted octanol–water partition coefficient (Wildman–Crippen LogP) is 6.06. The average molecular weight is 466 g/mol. The molecule has 7 atom stereocenters. The van der Waals surface area contributed by atoms with Crippen molar-refractivity contribution in [3.05, 3.63) is 23.0 Å². The van der Waals surface area contributed by atoms with Gasteiger partial charge in [0.05, 0.1) is 24.2 Å². The highest BCUT2D eigenvalue weighted by Crippen LogP contribution is 2.69. The van der Waals surface area contributed by atoms with Crippen LogP contribution in [-0.4, -0.2) is 24.0 Å². The number of nitriles is 1. The molecule has 0 aromatic carbocycles. The first-order valence-electron chi connectivity index (χ1n) is 13.1. The summed E-state index contributed by atoms with van der Waals surface area (Å²) in [4.78, 5) is 27.2. The second kappa shape index (κ2) is 7.45. The minimum absolute atomic E-state index is 0.0140. The number of hydrogen-bond acceptors (Lipinski definition) is 5. The van der Waals surface area contributed by atoms with Crippen molar-refractivity contribution >= 4 is 11.8 Å². The maximum atomic E-state index is 14.0. The van der Waals surface area contributed by atoms with E-state index < -0.39 is 5.41 Å². The molecule has 0 spiro atoms. The molecule has 5 aliphatic rings. The van der Waals surface area contributed by atoms with Gasteiger partial charge in [-0.1, -0.05) is 33.3 Å². The molecule has 3 saturated carbocycles. The molecule has 7 unspecified atom stereocenters. The number of nitrogens with zero attached hydrogens (tertiary/aromatic N) is 1. The van der Waals surface area contributed by atoms with E-state index in [1.54, 1.807) is 0 Å². The van der Waals surface area contributed by atoms with Crippen LogP contribution < -0.4 is 0 Å². The Hall–Kier alpha value is -2.09. The fraction of sp³-hybridized carbons (Fsp3) is 0.759. The van der Waals surface area contributed by atoms with Crippen molar-refractivity contribution in [2.75, 3.05) is 7.11 Å². The molecule has 0 heterocycles. The highest BCUT2D eigenvalue weighted by atomic mass is 16.5. The molecular formula is C29H39NO4. The first kappa shape index (κ1) is 23.6. The number of fused-ring (bicyclic) bond motifs is 7. The highest BCUT2D eigenvalue weighted by Gasteiger charge is 2.65. The standard InChI is InChI=1S/C29H39NO4/c1-26(2)10-11-29(25(33)34-5)9-7-19-24(20(29)15-26)22(32)13-23-27(19,3)8-6-18-12-21(31)17(16-30)14-28(18,23)4/h13,18-20,24,31H,6-12,14-15H2,1-5H3. The summed E-state index contributed by atoms with van der Waals surface area (Å²) in [6.07, 6.45) is 9.26. The zero-order valence-electron chi connectivity index (χ0n) is 21.4. The average Bonchev–Trinajstić information content (AvgIpc) is 2.79. The number of carbonyl (C=O) groups is 2. The lowest BCUT2D eigenvalue weighted by Crippen LogP contribution is -2.60. The summed E-state index contributed by atoms with van der Waals surface area (Å²) < 4.78 is 5.36. The Kier molecular flexibility index (Phi) is 5.18. The molecule has 184 valence electrons. The van der Waals surface area contributed by atoms with Gasteiger partial charge in [0.25, 0.3) is 0 Å². The highest BCUT2D eigenvalue weighted by molar-refractivity contribution is 5.95. The van der Waals surface area contributed by atoms with E-state index in [0.717, 1.165) is 44.9 Å². The summed E-state index contributed by atoms with van der Waals surface area (Å²) in [5, 5.41) is 20.1. The van der Waals surface area contributed by atoms with Gasteiger partial charge in [-0.2, -0.15) is 5.26 Å². The smallest absolute Gasteiger partial charge is 0.312 e. The van der Waals surface area contributed by atoms with E-state index in [-0.39, 0.29) is 57.4 Å². The van der Waals surface area contributed by atoms with Crippen molar-refractivity contribution < 1.29 is 19.4 Å². The minimum atomic E-state index is -0.544. The molecule has 1 N–H and O–H groups in total. The molecule has 34 heavy (non-hydrogen) atoms. The molecule has 0 radical (unpaired) electrons. The van der Waals surface area contributed by atoms with Gasteiger partial charge in [-0.15, -0.1) is 0 Å². The van der Waals surface area contributed by atoms with E-state index in [0.29, 0.717) is 18.4 Å². The number of methoxy groups -OCH3 is 1. The Morgan fingerprint density at radius 2 is 1.82 bits per heavy atom. The van der Waals surface area contributed by atoms with Gasteiger partial charge in [0.1, 0.15) is 5.76 Å². The topological polar surface area (TPSA) is 87.4 Å². The van der Waals surface area contributed by atoms with Crippen molar-refractivity contribution in [3.8, 4) is 6.07 Å². The van der Waals surface area contributed by atoms with Crippen LogP contribution in [0.1, 0.15) is 85.5 Å². The molecule has 5 heteroatoms. The molecule has 0 amide bonds. The van der Waals surface area contributed by atoms with Gasteiger partial charge < -0.3 is 9.84 Å². The van der Waals surface area contributed by atoms with Crippen LogP contribution in [0.2, 0.25) is 0 Å². The summed E-state index contributed by atoms with van der Waals surface area (Å²) in [5.41, 5.74) is 0.822. The number of aliphatic hydroxyl groups excluding tert-OH is 1. The summed E-state index contributed by atoms with van der Waals surface area (Å²) >= 11 is 0. The lowest BCUT2D eigenvalue weighted by Gasteiger charge is -2.63. The summed E-state index contributed by atoms with van der Waals surface area (Å²) in [6, 6.07) is 2.22. The van der Waals surface area contributed by atoms with Crippen molar-refractivity contribution in [2.45, 2.75) is 85.5 Å². The number of ether oxygens (including phenoxy) is 1. The Balaban J connectivity index is 1.61. The predicted molar refractivity (Wildman–Crippen MR) is 128 cm³/mol. The zero-order valence-corrected chi connectivity index (χ0v) is 21.4. The van der Waals surface area contributed by atoms with E-state index in [1.165, 1.54) is 12.7 Å². The molecule has 0 aliphatic heterocycles. The van der Waals surface area contributed by atoms with Gasteiger partial charge >= 0.3 is 5.97 Å². The van der Waals surface area contributed by atoms with Gasteiger partial charge in [0.2, 0.25) is 0 Å². The van der Waals surface area contributed by atoms with Crippen LogP contribution in [-0.2, 0) is 14.3 Å². The fourth-order valence-corrected chi connectivity index (χ4v) is 9.21. The molecule has 0 saturated heterocycles. The zero-order chi connectivity index (χ0) is 24.7. The van der Waals surface area contributed by atoms with Gasteiger partial charge in [-0.05, 0) is 91.4 Å². The number of aliphatic hydroxyl groups is 1. The fourth-order valence-electron chi connectivity index (χ4n) is 9.21. The van der Waals surface area contributed by atoms with Crippen LogP contribution in [0.5, 0.6) is 0 Å². The Labute approximate surface area is 203 Å². The van der Waals surface area contributed by atoms with Crippen LogP contribution in [0, 0.1) is 56.7 Å². The first-order chi connectivity index (χ1) is 15.9. The molecule has 0 aromatic heterocycles. The van der Waals surface area contributed by atoms with Gasteiger partial charge in [0, 0.05) is 12.3 Å². The van der Waals surface area contributed by atoms with Gasteiger partial charge in [-0.25, -0.2) is 0 Å². The quantitative estimate of drug-likeness (QED) is 0.476. The third kappa shape index (κ3) is 3.02.